The van der Waals surface area contributed by atoms with Crippen LogP contribution in [-0.2, 0) is 4.79 Å². The predicted molar refractivity (Wildman–Crippen MR) is 133 cm³/mol. The van der Waals surface area contributed by atoms with Gasteiger partial charge in [0, 0.05) is 19.3 Å². The number of nitrogens with two attached hydrogens (primary N) is 1. The van der Waals surface area contributed by atoms with Crippen LogP contribution in [0.2, 0.25) is 0 Å². The van der Waals surface area contributed by atoms with E-state index in [2.05, 4.69) is 20.6 Å². The standard InChI is InChI=1S/C26H31F5N6O3/c1-13(2)22(35-19(38)6-9-26(29,30)31)16-10-18-34-17(12-37(18)33-11-16)21(15-4-7-25(27,28)8-5-15)23-20(24(32)39)14(3)36-40-23/h10-13,15,21-22H,4-9H2,1-3H3,(H2,32,39)(H,35,38)/t21-,22?/m0/s1. The molecule has 0 aromatic carbocycles. The number of alkyl halides is 5. The van der Waals surface area contributed by atoms with E-state index >= 15 is 0 Å². The summed E-state index contributed by atoms with van der Waals surface area (Å²) in [5.74, 6) is -5.35. The van der Waals surface area contributed by atoms with Crippen LogP contribution < -0.4 is 11.1 Å². The lowest BCUT2D eigenvalue weighted by Crippen LogP contribution is -2.32. The zero-order valence-corrected chi connectivity index (χ0v) is 22.3. The van der Waals surface area contributed by atoms with Crippen molar-refractivity contribution in [1.29, 1.82) is 0 Å². The van der Waals surface area contributed by atoms with Crippen LogP contribution in [-0.4, -0.2) is 43.7 Å². The second-order valence-corrected chi connectivity index (χ2v) is 10.7. The van der Waals surface area contributed by atoms with Crippen LogP contribution in [0.4, 0.5) is 22.0 Å². The van der Waals surface area contributed by atoms with E-state index in [4.69, 9.17) is 10.3 Å². The molecule has 2 atom stereocenters. The third-order valence-corrected chi connectivity index (χ3v) is 7.31. The van der Waals surface area contributed by atoms with Crippen molar-refractivity contribution in [2.75, 3.05) is 0 Å². The van der Waals surface area contributed by atoms with Crippen LogP contribution in [0, 0.1) is 18.8 Å². The second-order valence-electron chi connectivity index (χ2n) is 10.7. The Kier molecular flexibility index (Phi) is 8.18. The molecule has 40 heavy (non-hydrogen) atoms. The molecule has 3 heterocycles. The molecular formula is C26H31F5N6O3. The first-order valence-corrected chi connectivity index (χ1v) is 13.0. The van der Waals surface area contributed by atoms with Crippen molar-refractivity contribution in [3.63, 3.8) is 0 Å². The fourth-order valence-corrected chi connectivity index (χ4v) is 5.25. The van der Waals surface area contributed by atoms with Gasteiger partial charge in [-0.15, -0.1) is 0 Å². The van der Waals surface area contributed by atoms with E-state index < -0.39 is 48.7 Å². The fraction of sp³-hybridized carbons (Fsp3) is 0.577. The van der Waals surface area contributed by atoms with Gasteiger partial charge < -0.3 is 15.6 Å². The van der Waals surface area contributed by atoms with Crippen molar-refractivity contribution >= 4 is 17.5 Å². The molecule has 1 fully saturated rings. The van der Waals surface area contributed by atoms with Crippen molar-refractivity contribution < 1.29 is 36.1 Å². The maximum absolute atomic E-state index is 14.0. The maximum Gasteiger partial charge on any atom is 0.389 e. The van der Waals surface area contributed by atoms with Crippen LogP contribution in [0.3, 0.4) is 0 Å². The largest absolute Gasteiger partial charge is 0.389 e. The van der Waals surface area contributed by atoms with E-state index in [-0.39, 0.29) is 54.5 Å². The first-order chi connectivity index (χ1) is 18.6. The van der Waals surface area contributed by atoms with Gasteiger partial charge in [-0.05, 0) is 43.2 Å². The molecule has 14 heteroatoms. The number of fused-ring (bicyclic) bond motifs is 1. The first-order valence-electron chi connectivity index (χ1n) is 13.0. The molecule has 218 valence electrons. The smallest absolute Gasteiger partial charge is 0.365 e. The number of primary amides is 1. The molecule has 0 aliphatic heterocycles. The molecular weight excluding hydrogens is 539 g/mol. The molecule has 0 bridgehead atoms. The van der Waals surface area contributed by atoms with E-state index in [0.29, 0.717) is 16.9 Å². The molecule has 1 unspecified atom stereocenters. The van der Waals surface area contributed by atoms with Crippen LogP contribution in [0.1, 0.15) is 97.4 Å². The number of halogens is 5. The van der Waals surface area contributed by atoms with E-state index in [1.54, 1.807) is 19.2 Å². The molecule has 3 aromatic heterocycles. The Morgan fingerprint density at radius 2 is 1.93 bits per heavy atom. The van der Waals surface area contributed by atoms with Crippen LogP contribution >= 0.6 is 0 Å². The minimum Gasteiger partial charge on any atom is -0.365 e. The Bertz CT molecular complexity index is 1370. The van der Waals surface area contributed by atoms with E-state index in [1.165, 1.54) is 10.7 Å². The summed E-state index contributed by atoms with van der Waals surface area (Å²) in [7, 11) is 0. The summed E-state index contributed by atoms with van der Waals surface area (Å²) in [6.45, 7) is 5.18. The highest BCUT2D eigenvalue weighted by atomic mass is 19.4. The summed E-state index contributed by atoms with van der Waals surface area (Å²) >= 11 is 0. The number of nitrogens with zero attached hydrogens (tertiary/aromatic N) is 4. The number of amides is 2. The van der Waals surface area contributed by atoms with E-state index in [9.17, 15) is 31.5 Å². The summed E-state index contributed by atoms with van der Waals surface area (Å²) < 4.78 is 72.6. The number of nitrogens with one attached hydrogen (secondary N) is 1. The van der Waals surface area contributed by atoms with Crippen LogP contribution in [0.25, 0.3) is 5.65 Å². The van der Waals surface area contributed by atoms with Crippen molar-refractivity contribution in [2.24, 2.45) is 17.6 Å². The molecule has 1 aliphatic rings. The molecule has 3 aromatic rings. The number of carbonyl (C=O) groups excluding carboxylic acids is 2. The Balaban J connectivity index is 1.69. The third-order valence-electron chi connectivity index (χ3n) is 7.31. The minimum atomic E-state index is -4.45. The Hall–Kier alpha value is -3.58. The van der Waals surface area contributed by atoms with Gasteiger partial charge in [-0.3, -0.25) is 9.59 Å². The third kappa shape index (κ3) is 6.58. The average molecular weight is 571 g/mol. The second kappa shape index (κ2) is 11.1. The molecule has 0 radical (unpaired) electrons. The number of hydrogen-bond acceptors (Lipinski definition) is 6. The fourth-order valence-electron chi connectivity index (χ4n) is 5.25. The zero-order chi connectivity index (χ0) is 29.4. The van der Waals surface area contributed by atoms with Gasteiger partial charge in [-0.1, -0.05) is 19.0 Å². The first kappa shape index (κ1) is 29.4. The highest BCUT2D eigenvalue weighted by Gasteiger charge is 2.42. The van der Waals surface area contributed by atoms with Crippen LogP contribution in [0.15, 0.2) is 23.0 Å². The summed E-state index contributed by atoms with van der Waals surface area (Å²) in [6, 6.07) is 1.02. The van der Waals surface area contributed by atoms with Gasteiger partial charge in [-0.2, -0.15) is 18.3 Å². The molecule has 0 spiro atoms. The van der Waals surface area contributed by atoms with Crippen molar-refractivity contribution in [1.82, 2.24) is 25.1 Å². The van der Waals surface area contributed by atoms with Crippen molar-refractivity contribution in [3.05, 3.63) is 46.7 Å². The maximum atomic E-state index is 14.0. The molecule has 1 saturated carbocycles. The number of aromatic nitrogens is 4. The number of hydrogen-bond donors (Lipinski definition) is 2. The van der Waals surface area contributed by atoms with Crippen molar-refractivity contribution in [3.8, 4) is 0 Å². The lowest BCUT2D eigenvalue weighted by Gasteiger charge is -2.32. The summed E-state index contributed by atoms with van der Waals surface area (Å²) in [6.07, 6.45) is -3.63. The number of carbonyl (C=O) groups is 2. The molecule has 0 saturated heterocycles. The van der Waals surface area contributed by atoms with Gasteiger partial charge in [-0.25, -0.2) is 18.3 Å². The van der Waals surface area contributed by atoms with Crippen LogP contribution in [0.5, 0.6) is 0 Å². The predicted octanol–water partition coefficient (Wildman–Crippen LogP) is 5.24. The van der Waals surface area contributed by atoms with Gasteiger partial charge in [0.05, 0.1) is 42.2 Å². The Morgan fingerprint density at radius 3 is 2.52 bits per heavy atom. The number of aryl methyl sites for hydroxylation is 1. The minimum absolute atomic E-state index is 0.0782. The Labute approximate surface area is 226 Å². The zero-order valence-electron chi connectivity index (χ0n) is 22.3. The highest BCUT2D eigenvalue weighted by Crippen LogP contribution is 2.45. The molecule has 2 amide bonds. The Morgan fingerprint density at radius 1 is 1.25 bits per heavy atom. The van der Waals surface area contributed by atoms with E-state index in [0.717, 1.165) is 0 Å². The highest BCUT2D eigenvalue weighted by molar-refractivity contribution is 5.95. The van der Waals surface area contributed by atoms with Gasteiger partial charge in [0.1, 0.15) is 5.56 Å². The number of imidazole rings is 1. The molecule has 4 rings (SSSR count). The monoisotopic (exact) mass is 570 g/mol. The quantitative estimate of drug-likeness (QED) is 0.339. The summed E-state index contributed by atoms with van der Waals surface area (Å²) in [4.78, 5) is 29.2. The van der Waals surface area contributed by atoms with Crippen molar-refractivity contribution in [2.45, 2.75) is 83.4 Å². The lowest BCUT2D eigenvalue weighted by atomic mass is 9.75. The van der Waals surface area contributed by atoms with Gasteiger partial charge >= 0.3 is 6.18 Å². The average Bonchev–Trinajstić information content (AvgIpc) is 3.44. The molecule has 3 N–H and O–H groups in total. The van der Waals surface area contributed by atoms with Gasteiger partial charge in [0.15, 0.2) is 11.4 Å². The van der Waals surface area contributed by atoms with Gasteiger partial charge in [0.2, 0.25) is 11.8 Å². The van der Waals surface area contributed by atoms with E-state index in [1.807, 2.05) is 13.8 Å². The summed E-state index contributed by atoms with van der Waals surface area (Å²) in [5, 5.41) is 10.9. The SMILES string of the molecule is Cc1noc([C@H](c2cn3ncc(C(NC(=O)CCC(F)(F)F)C(C)C)cc3n2)C2CCC(F)(F)CC2)c1C(N)=O. The summed E-state index contributed by atoms with van der Waals surface area (Å²) in [5.41, 5.74) is 7.24. The molecule has 1 aliphatic carbocycles. The molecule has 9 nitrogen and oxygen atoms in total. The lowest BCUT2D eigenvalue weighted by molar-refractivity contribution is -0.144. The normalized spacial score (nSPS) is 17.7. The van der Waals surface area contributed by atoms with Gasteiger partial charge in [0.25, 0.3) is 5.91 Å². The topological polar surface area (TPSA) is 128 Å². The number of rotatable bonds is 9.